The average molecular weight is 1120 g/mol. The van der Waals surface area contributed by atoms with Gasteiger partial charge in [0.15, 0.2) is 17.5 Å². The van der Waals surface area contributed by atoms with Crippen LogP contribution in [0.15, 0.2) is 79.8 Å². The van der Waals surface area contributed by atoms with Crippen molar-refractivity contribution in [3.8, 4) is 0 Å². The van der Waals surface area contributed by atoms with E-state index in [1.165, 1.54) is 52.8 Å². The molecule has 2 saturated heterocycles. The number of carbonyl (C=O) groups excluding carboxylic acids is 3. The maximum absolute atomic E-state index is 14.3. The van der Waals surface area contributed by atoms with Crippen molar-refractivity contribution in [2.24, 2.45) is 33.0 Å². The Bertz CT molecular complexity index is 3520. The van der Waals surface area contributed by atoms with Gasteiger partial charge in [-0.2, -0.15) is 15.3 Å². The highest BCUT2D eigenvalue weighted by Gasteiger charge is 2.38. The molecule has 0 radical (unpaired) electrons. The van der Waals surface area contributed by atoms with Crippen molar-refractivity contribution < 1.29 is 32.3 Å². The predicted molar refractivity (Wildman–Crippen MR) is 301 cm³/mol. The standard InChI is InChI=1S/C26H32FN7O3.C21H24FN7O.C8H8FN3.ClH/c1-26(2,3)37-25(36)34(19-5-6-19)14-16-7-8-33(13-16)22-12-28-21(11-29-22)24(35)30-18-9-17-15-32(4)31-23(17)20(27)10-18;1-28-12-14-6-16(7-17(22)20(14)27-28)26-21(30)18-9-25-19(10-24-18)29-5-4-13(11-29)8-23-15-2-3-15;1-12-4-5-2-6(10)3-7(9)8(5)11-12;/h9-12,15-16,19H,5-8,13-14H2,1-4H3,(H,30,35);6-7,9-10,12-13,15,23H,2-5,8,11H2,1H3,(H,26,30);2-4H,10H2,1H3;1H/t16-;13-;;/m01../s1. The highest BCUT2D eigenvalue weighted by Crippen LogP contribution is 2.32. The van der Waals surface area contributed by atoms with Crippen molar-refractivity contribution in [2.45, 2.75) is 77.0 Å². The first kappa shape index (κ1) is 56.6. The van der Waals surface area contributed by atoms with Gasteiger partial charge in [-0.1, -0.05) is 0 Å². The number of aryl methyl sites for hydroxylation is 3. The predicted octanol–water partition coefficient (Wildman–Crippen LogP) is 8.03. The minimum atomic E-state index is -0.519. The molecule has 25 heteroatoms. The third kappa shape index (κ3) is 14.0. The van der Waals surface area contributed by atoms with Crippen molar-refractivity contribution in [3.05, 3.63) is 109 Å². The first-order valence-corrected chi connectivity index (χ1v) is 26.4. The number of halogens is 4. The highest BCUT2D eigenvalue weighted by atomic mass is 35.5. The van der Waals surface area contributed by atoms with E-state index in [2.05, 4.69) is 61.0 Å². The van der Waals surface area contributed by atoms with E-state index >= 15 is 0 Å². The number of amides is 3. The zero-order valence-electron chi connectivity index (χ0n) is 45.4. The van der Waals surface area contributed by atoms with Crippen LogP contribution in [0.1, 0.15) is 80.3 Å². The van der Waals surface area contributed by atoms with Crippen LogP contribution in [0.2, 0.25) is 0 Å². The first-order chi connectivity index (χ1) is 37.8. The molecule has 21 nitrogen and oxygen atoms in total. The van der Waals surface area contributed by atoms with Crippen molar-refractivity contribution in [3.63, 3.8) is 0 Å². The molecule has 0 bridgehead atoms. The largest absolute Gasteiger partial charge is 0.444 e. The molecule has 80 heavy (non-hydrogen) atoms. The fraction of sp³-hybridized carbons (Fsp3) is 0.418. The highest BCUT2D eigenvalue weighted by molar-refractivity contribution is 6.04. The monoisotopic (exact) mass is 1120 g/mol. The number of ether oxygens (including phenoxy) is 1. The summed E-state index contributed by atoms with van der Waals surface area (Å²) in [7, 11) is 5.18. The second kappa shape index (κ2) is 23.7. The van der Waals surface area contributed by atoms with Crippen LogP contribution < -0.4 is 31.5 Å². The number of hydrogen-bond acceptors (Lipinski definition) is 15. The van der Waals surface area contributed by atoms with Crippen LogP contribution in [0.5, 0.6) is 0 Å². The summed E-state index contributed by atoms with van der Waals surface area (Å²) < 4.78 is 51.9. The van der Waals surface area contributed by atoms with Crippen LogP contribution >= 0.6 is 12.4 Å². The molecule has 2 atom stereocenters. The van der Waals surface area contributed by atoms with Crippen LogP contribution in [0, 0.1) is 29.3 Å². The van der Waals surface area contributed by atoms with Crippen molar-refractivity contribution >= 4 is 91.7 Å². The Morgan fingerprint density at radius 3 is 1.55 bits per heavy atom. The molecule has 7 heterocycles. The first-order valence-electron chi connectivity index (χ1n) is 26.4. The molecule has 0 unspecified atom stereocenters. The number of nitrogens with one attached hydrogen (secondary N) is 3. The SMILES string of the molecule is Cl.Cn1cc2cc(N)cc(F)c2n1.Cn1cc2cc(NC(=O)c3cnc(N4CC[C@H](CN(C(=O)OC(C)(C)C)C5CC5)C4)cn3)cc(F)c2n1.Cn1cc2cc(NC(=O)c3cnc(N4CC[C@H](CNC5CC5)C4)cn3)cc(F)c2n1. The molecule has 2 aliphatic carbocycles. The van der Waals surface area contributed by atoms with Gasteiger partial charge in [-0.25, -0.2) is 37.9 Å². The lowest BCUT2D eigenvalue weighted by molar-refractivity contribution is 0.0207. The Kier molecular flexibility index (Phi) is 16.8. The third-order valence-corrected chi connectivity index (χ3v) is 13.9. The summed E-state index contributed by atoms with van der Waals surface area (Å²) in [4.78, 5) is 61.6. The fourth-order valence-electron chi connectivity index (χ4n) is 9.77. The second-order valence-electron chi connectivity index (χ2n) is 21.8. The van der Waals surface area contributed by atoms with Gasteiger partial charge in [0.1, 0.15) is 45.2 Å². The van der Waals surface area contributed by atoms with Gasteiger partial charge in [0.25, 0.3) is 11.8 Å². The zero-order valence-corrected chi connectivity index (χ0v) is 46.2. The van der Waals surface area contributed by atoms with Crippen LogP contribution in [0.3, 0.4) is 0 Å². The number of anilines is 5. The van der Waals surface area contributed by atoms with Gasteiger partial charge in [0.2, 0.25) is 0 Å². The summed E-state index contributed by atoms with van der Waals surface area (Å²) in [6, 6.07) is 9.82. The average Bonchev–Trinajstić information content (AvgIpc) is 4.13. The summed E-state index contributed by atoms with van der Waals surface area (Å²) in [5.74, 6) is 0.117. The van der Waals surface area contributed by atoms with Gasteiger partial charge >= 0.3 is 6.09 Å². The molecule has 422 valence electrons. The number of benzene rings is 3. The second-order valence-corrected chi connectivity index (χ2v) is 21.8. The fourth-order valence-corrected chi connectivity index (χ4v) is 9.77. The normalized spacial score (nSPS) is 16.9. The van der Waals surface area contributed by atoms with Crippen LogP contribution in [-0.4, -0.2) is 129 Å². The number of fused-ring (bicyclic) bond motifs is 3. The van der Waals surface area contributed by atoms with E-state index in [1.807, 2.05) is 25.7 Å². The maximum Gasteiger partial charge on any atom is 0.410 e. The molecule has 4 aliphatic rings. The number of nitrogens with zero attached hydrogens (tertiary/aromatic N) is 13. The van der Waals surface area contributed by atoms with E-state index in [4.69, 9.17) is 10.5 Å². The molecule has 4 fully saturated rings. The summed E-state index contributed by atoms with van der Waals surface area (Å²) in [6.07, 6.45) is 17.7. The molecule has 3 aromatic carbocycles. The maximum atomic E-state index is 14.3. The lowest BCUT2D eigenvalue weighted by Crippen LogP contribution is -2.41. The van der Waals surface area contributed by atoms with E-state index < -0.39 is 29.0 Å². The minimum absolute atomic E-state index is 0. The number of nitrogens with two attached hydrogens (primary N) is 1. The van der Waals surface area contributed by atoms with Crippen LogP contribution in [-0.2, 0) is 25.9 Å². The molecule has 2 aliphatic heterocycles. The summed E-state index contributed by atoms with van der Waals surface area (Å²) in [5, 5.41) is 23.0. The van der Waals surface area contributed by atoms with E-state index in [1.54, 1.807) is 75.0 Å². The van der Waals surface area contributed by atoms with E-state index in [9.17, 15) is 27.6 Å². The van der Waals surface area contributed by atoms with Gasteiger partial charge in [-0.15, -0.1) is 12.4 Å². The van der Waals surface area contributed by atoms with Crippen molar-refractivity contribution in [1.82, 2.24) is 59.5 Å². The van der Waals surface area contributed by atoms with Gasteiger partial charge < -0.3 is 41.1 Å². The molecule has 5 N–H and O–H groups in total. The van der Waals surface area contributed by atoms with Crippen LogP contribution in [0.4, 0.5) is 46.7 Å². The zero-order chi connectivity index (χ0) is 55.7. The number of hydrogen-bond donors (Lipinski definition) is 4. The minimum Gasteiger partial charge on any atom is -0.444 e. The van der Waals surface area contributed by atoms with Gasteiger partial charge in [0, 0.05) is 118 Å². The Labute approximate surface area is 465 Å². The molecule has 8 aromatic rings. The van der Waals surface area contributed by atoms with E-state index in [0.717, 1.165) is 75.7 Å². The lowest BCUT2D eigenvalue weighted by Gasteiger charge is -2.29. The molecular formula is C55H65ClF3N17O4. The smallest absolute Gasteiger partial charge is 0.410 e. The van der Waals surface area contributed by atoms with Gasteiger partial charge in [0.05, 0.1) is 24.8 Å². The number of rotatable bonds is 12. The van der Waals surface area contributed by atoms with Crippen molar-refractivity contribution in [2.75, 3.05) is 65.4 Å². The lowest BCUT2D eigenvalue weighted by atomic mass is 10.1. The molecule has 2 saturated carbocycles. The Morgan fingerprint density at radius 1 is 0.637 bits per heavy atom. The molecule has 5 aromatic heterocycles. The Balaban J connectivity index is 0.000000161. The van der Waals surface area contributed by atoms with E-state index in [-0.39, 0.29) is 52.8 Å². The van der Waals surface area contributed by atoms with Crippen molar-refractivity contribution in [1.29, 1.82) is 0 Å². The van der Waals surface area contributed by atoms with Gasteiger partial charge in [-0.3, -0.25) is 23.6 Å². The number of nitrogen functional groups attached to an aromatic ring is 1. The Hall–Kier alpha value is -8.12. The summed E-state index contributed by atoms with van der Waals surface area (Å²) in [5.41, 5.74) is 7.26. The van der Waals surface area contributed by atoms with E-state index in [0.29, 0.717) is 57.5 Å². The van der Waals surface area contributed by atoms with Crippen LogP contribution in [0.25, 0.3) is 32.7 Å². The third-order valence-electron chi connectivity index (χ3n) is 13.9. The molecule has 12 rings (SSSR count). The number of aromatic nitrogens is 10. The summed E-state index contributed by atoms with van der Waals surface area (Å²) >= 11 is 0. The summed E-state index contributed by atoms with van der Waals surface area (Å²) in [6.45, 7) is 10.8. The Morgan fingerprint density at radius 2 is 1.10 bits per heavy atom. The molecule has 0 spiro atoms. The molecular weight excluding hydrogens is 1060 g/mol. The van der Waals surface area contributed by atoms with Gasteiger partial charge in [-0.05, 0) is 114 Å². The quantitative estimate of drug-likeness (QED) is 0.0848. The topological polar surface area (TPSA) is 237 Å². The molecule has 3 amide bonds. The number of carbonyl (C=O) groups is 3.